The molecule has 5 N–H and O–H groups in total. The molecule has 1 heterocycles. The molecule has 1 unspecified atom stereocenters. The summed E-state index contributed by atoms with van der Waals surface area (Å²) in [6, 6.07) is 4.01. The third kappa shape index (κ3) is 11.1. The van der Waals surface area contributed by atoms with E-state index in [0.29, 0.717) is 22.7 Å². The highest BCUT2D eigenvalue weighted by Crippen LogP contribution is 2.14. The Morgan fingerprint density at radius 3 is 1.98 bits per heavy atom. The van der Waals surface area contributed by atoms with Gasteiger partial charge in [-0.25, -0.2) is 4.79 Å². The van der Waals surface area contributed by atoms with Gasteiger partial charge in [-0.05, 0) is 36.0 Å². The predicted octanol–water partition coefficient (Wildman–Crippen LogP) is 0.724. The van der Waals surface area contributed by atoms with Crippen molar-refractivity contribution in [2.75, 3.05) is 18.4 Å². The maximum atomic E-state index is 13.0. The highest BCUT2D eigenvalue weighted by Gasteiger charge is 2.39. The molecular weight excluding hydrogens is 598 g/mol. The normalized spacial score (nSPS) is 15.4. The van der Waals surface area contributed by atoms with E-state index in [1.165, 1.54) is 6.92 Å². The van der Waals surface area contributed by atoms with E-state index in [0.717, 1.165) is 12.2 Å². The molecule has 16 heteroatoms. The smallest absolute Gasteiger partial charge is 0.407 e. The fourth-order valence-corrected chi connectivity index (χ4v) is 4.39. The molecule has 3 atom stereocenters. The number of amides is 6. The second-order valence-corrected chi connectivity index (χ2v) is 13.4. The molecule has 2 rings (SSSR count). The number of nitrogens with one attached hydrogen (secondary N) is 4. The van der Waals surface area contributed by atoms with E-state index in [-0.39, 0.29) is 12.0 Å². The Hall–Kier alpha value is -4.31. The Bertz CT molecular complexity index is 1380. The lowest BCUT2D eigenvalue weighted by Crippen LogP contribution is -2.57. The van der Waals surface area contributed by atoms with Crippen LogP contribution in [0, 0.1) is 11.3 Å². The highest BCUT2D eigenvalue weighted by molar-refractivity contribution is 7.87. The Kier molecular flexibility index (Phi) is 12.2. The summed E-state index contributed by atoms with van der Waals surface area (Å²) in [7, 11) is -5.10. The number of carbonyl (C=O) groups is 6. The minimum Gasteiger partial charge on any atom is -0.445 e. The number of carbonyl (C=O) groups excluding carboxylic acids is 6. The summed E-state index contributed by atoms with van der Waals surface area (Å²) in [5.74, 6) is -5.07. The zero-order valence-electron chi connectivity index (χ0n) is 25.4. The highest BCUT2D eigenvalue weighted by atomic mass is 32.2. The molecule has 6 amide bonds. The molecule has 0 bridgehead atoms. The molecule has 15 nitrogen and oxygen atoms in total. The van der Waals surface area contributed by atoms with Crippen LogP contribution in [0.1, 0.15) is 47.1 Å². The summed E-state index contributed by atoms with van der Waals surface area (Å²) in [5, 5.41) is 7.72. The lowest BCUT2D eigenvalue weighted by Gasteiger charge is -2.26. The first-order valence-electron chi connectivity index (χ1n) is 13.7. The van der Waals surface area contributed by atoms with Gasteiger partial charge in [-0.15, -0.1) is 0 Å². The number of anilines is 1. The lowest BCUT2D eigenvalue weighted by molar-refractivity contribution is -0.137. The van der Waals surface area contributed by atoms with Crippen molar-refractivity contribution in [3.05, 3.63) is 42.0 Å². The summed E-state index contributed by atoms with van der Waals surface area (Å²) in [5.41, 5.74) is 0.966. The van der Waals surface area contributed by atoms with Gasteiger partial charge < -0.3 is 26.0 Å². The van der Waals surface area contributed by atoms with Crippen molar-refractivity contribution in [1.82, 2.24) is 20.9 Å². The first-order valence-corrected chi connectivity index (χ1v) is 15.2. The summed E-state index contributed by atoms with van der Waals surface area (Å²) in [6.45, 7) is 9.91. The maximum Gasteiger partial charge on any atom is 0.407 e. The second-order valence-electron chi connectivity index (χ2n) is 11.8. The van der Waals surface area contributed by atoms with E-state index < -0.39 is 75.5 Å². The standard InChI is InChI=1S/C28H39N5O10S/c1-16(2)23(32-25(37)20(44(40,41)42)13-33-21(34)11-12-22(33)35)26(38)30-17(3)24(36)31-19-9-7-18(8-10-19)14-43-27(39)29-15-28(4,5)6/h7-12,16-17,20,23H,13-15H2,1-6H3,(H,29,39)(H,30,38)(H,31,36)(H,32,37)(H,40,41,42)/t17-,20?,23-/m0/s1. The number of rotatable bonds is 13. The zero-order valence-corrected chi connectivity index (χ0v) is 26.2. The van der Waals surface area contributed by atoms with Crippen molar-refractivity contribution in [2.24, 2.45) is 11.3 Å². The monoisotopic (exact) mass is 637 g/mol. The molecule has 44 heavy (non-hydrogen) atoms. The summed E-state index contributed by atoms with van der Waals surface area (Å²) in [6.07, 6.45) is 1.22. The third-order valence-electron chi connectivity index (χ3n) is 6.25. The van der Waals surface area contributed by atoms with Crippen LogP contribution in [0.2, 0.25) is 0 Å². The van der Waals surface area contributed by atoms with E-state index in [1.807, 2.05) is 20.8 Å². The first-order chi connectivity index (χ1) is 20.3. The minimum atomic E-state index is -5.10. The number of imide groups is 1. The second kappa shape index (κ2) is 14.9. The molecule has 0 aliphatic carbocycles. The molecular formula is C28H39N5O10S. The van der Waals surface area contributed by atoms with Crippen LogP contribution in [0.15, 0.2) is 36.4 Å². The summed E-state index contributed by atoms with van der Waals surface area (Å²) >= 11 is 0. The molecule has 0 aromatic heterocycles. The lowest BCUT2D eigenvalue weighted by atomic mass is 9.97. The topological polar surface area (TPSA) is 217 Å². The van der Waals surface area contributed by atoms with Crippen LogP contribution in [-0.4, -0.2) is 83.9 Å². The quantitative estimate of drug-likeness (QED) is 0.151. The van der Waals surface area contributed by atoms with E-state index in [9.17, 15) is 41.7 Å². The zero-order chi connectivity index (χ0) is 33.4. The number of ether oxygens (including phenoxy) is 1. The molecule has 0 spiro atoms. The van der Waals surface area contributed by atoms with Gasteiger partial charge in [0.25, 0.3) is 21.9 Å². The van der Waals surface area contributed by atoms with Gasteiger partial charge in [0.1, 0.15) is 18.7 Å². The van der Waals surface area contributed by atoms with Crippen molar-refractivity contribution >= 4 is 51.4 Å². The molecule has 0 fully saturated rings. The molecule has 1 aromatic carbocycles. The summed E-state index contributed by atoms with van der Waals surface area (Å²) in [4.78, 5) is 74.5. The number of benzene rings is 1. The molecule has 0 saturated heterocycles. The van der Waals surface area contributed by atoms with E-state index >= 15 is 0 Å². The summed E-state index contributed by atoms with van der Waals surface area (Å²) < 4.78 is 38.6. The SMILES string of the molecule is CC(C)[C@H](NC(=O)C(CN1C(=O)C=CC1=O)S(=O)(=O)O)C(=O)N[C@@H](C)C(=O)Nc1ccc(COC(=O)NCC(C)(C)C)cc1. The van der Waals surface area contributed by atoms with Crippen molar-refractivity contribution in [3.63, 3.8) is 0 Å². The van der Waals surface area contributed by atoms with Crippen molar-refractivity contribution in [1.29, 1.82) is 0 Å². The molecule has 242 valence electrons. The van der Waals surface area contributed by atoms with Crippen LogP contribution in [-0.2, 0) is 45.4 Å². The van der Waals surface area contributed by atoms with Crippen molar-refractivity contribution < 1.29 is 46.5 Å². The number of hydrogen-bond donors (Lipinski definition) is 5. The molecule has 0 saturated carbocycles. The van der Waals surface area contributed by atoms with Gasteiger partial charge in [0.05, 0.1) is 6.54 Å². The fourth-order valence-electron chi connectivity index (χ4n) is 3.71. The van der Waals surface area contributed by atoms with Crippen molar-refractivity contribution in [2.45, 2.75) is 65.5 Å². The van der Waals surface area contributed by atoms with Crippen LogP contribution >= 0.6 is 0 Å². The Morgan fingerprint density at radius 1 is 0.909 bits per heavy atom. The number of hydrogen-bond acceptors (Lipinski definition) is 9. The van der Waals surface area contributed by atoms with Crippen LogP contribution in [0.3, 0.4) is 0 Å². The van der Waals surface area contributed by atoms with E-state index in [2.05, 4.69) is 21.3 Å². The van der Waals surface area contributed by atoms with Gasteiger partial charge in [-0.3, -0.25) is 33.4 Å². The maximum absolute atomic E-state index is 13.0. The minimum absolute atomic E-state index is 0.0128. The van der Waals surface area contributed by atoms with Gasteiger partial charge in [-0.2, -0.15) is 8.42 Å². The van der Waals surface area contributed by atoms with Gasteiger partial charge in [0, 0.05) is 24.4 Å². The Labute approximate surface area is 255 Å². The number of alkyl carbamates (subject to hydrolysis) is 1. The Morgan fingerprint density at radius 2 is 1.48 bits per heavy atom. The molecule has 0 radical (unpaired) electrons. The van der Waals surface area contributed by atoms with Crippen molar-refractivity contribution in [3.8, 4) is 0 Å². The first kappa shape index (κ1) is 35.9. The molecule has 1 aliphatic rings. The van der Waals surface area contributed by atoms with E-state index in [4.69, 9.17) is 4.74 Å². The molecule has 1 aliphatic heterocycles. The van der Waals surface area contributed by atoms with Crippen LogP contribution in [0.4, 0.5) is 10.5 Å². The van der Waals surface area contributed by atoms with Crippen LogP contribution in [0.25, 0.3) is 0 Å². The number of nitrogens with zero attached hydrogens (tertiary/aromatic N) is 1. The van der Waals surface area contributed by atoms with Gasteiger partial charge in [0.15, 0.2) is 5.25 Å². The van der Waals surface area contributed by atoms with Crippen LogP contribution in [0.5, 0.6) is 0 Å². The van der Waals surface area contributed by atoms with Gasteiger partial charge in [-0.1, -0.05) is 46.8 Å². The molecule has 1 aromatic rings. The van der Waals surface area contributed by atoms with Gasteiger partial charge >= 0.3 is 6.09 Å². The largest absolute Gasteiger partial charge is 0.445 e. The van der Waals surface area contributed by atoms with E-state index in [1.54, 1.807) is 38.1 Å². The van der Waals surface area contributed by atoms with Crippen LogP contribution < -0.4 is 21.3 Å². The Balaban J connectivity index is 1.96. The van der Waals surface area contributed by atoms with Gasteiger partial charge in [0.2, 0.25) is 17.7 Å². The fraction of sp³-hybridized carbons (Fsp3) is 0.500. The predicted molar refractivity (Wildman–Crippen MR) is 158 cm³/mol. The average Bonchev–Trinajstić information content (AvgIpc) is 3.23. The average molecular weight is 638 g/mol. The third-order valence-corrected chi connectivity index (χ3v) is 7.34.